The van der Waals surface area contributed by atoms with Crippen LogP contribution in [0.4, 0.5) is 0 Å². The number of H-pyrrole nitrogens is 1. The molecule has 2 atom stereocenters. The van der Waals surface area contributed by atoms with Gasteiger partial charge in [0.2, 0.25) is 0 Å². The molecule has 1 aromatic rings. The lowest BCUT2D eigenvalue weighted by Gasteiger charge is -2.28. The van der Waals surface area contributed by atoms with Gasteiger partial charge in [-0.1, -0.05) is 0 Å². The summed E-state index contributed by atoms with van der Waals surface area (Å²) in [7, 11) is 0. The average molecular weight is 192 g/mol. The van der Waals surface area contributed by atoms with Crippen molar-refractivity contribution in [3.05, 3.63) is 17.7 Å². The molecule has 1 aromatic heterocycles. The van der Waals surface area contributed by atoms with Crippen LogP contribution >= 0.6 is 0 Å². The van der Waals surface area contributed by atoms with Crippen molar-refractivity contribution >= 4 is 0 Å². The van der Waals surface area contributed by atoms with E-state index in [2.05, 4.69) is 14.9 Å². The molecule has 3 N–H and O–H groups in total. The molecule has 4 nitrogen and oxygen atoms in total. The van der Waals surface area contributed by atoms with E-state index in [1.807, 2.05) is 6.33 Å². The van der Waals surface area contributed by atoms with Crippen molar-refractivity contribution in [1.29, 1.82) is 0 Å². The maximum absolute atomic E-state index is 5.72. The summed E-state index contributed by atoms with van der Waals surface area (Å²) in [5, 5.41) is 0. The average Bonchev–Trinajstić information content (AvgIpc) is 2.77. The zero-order valence-electron chi connectivity index (χ0n) is 8.24. The van der Waals surface area contributed by atoms with Crippen LogP contribution in [-0.2, 0) is 13.0 Å². The molecule has 0 bridgehead atoms. The summed E-state index contributed by atoms with van der Waals surface area (Å²) >= 11 is 0. The molecule has 1 fully saturated rings. The monoisotopic (exact) mass is 192 g/mol. The van der Waals surface area contributed by atoms with Gasteiger partial charge in [0.05, 0.1) is 17.7 Å². The molecule has 14 heavy (non-hydrogen) atoms. The minimum Gasteiger partial charge on any atom is -0.347 e. The fraction of sp³-hybridized carbons (Fsp3) is 0.700. The predicted molar refractivity (Wildman–Crippen MR) is 53.7 cm³/mol. The van der Waals surface area contributed by atoms with Gasteiger partial charge in [-0.2, -0.15) is 0 Å². The van der Waals surface area contributed by atoms with Crippen LogP contribution in [0.1, 0.15) is 17.8 Å². The van der Waals surface area contributed by atoms with Crippen LogP contribution in [0.25, 0.3) is 0 Å². The second-order valence-electron chi connectivity index (χ2n) is 4.45. The first-order valence-corrected chi connectivity index (χ1v) is 5.32. The highest BCUT2D eigenvalue weighted by Gasteiger charge is 2.35. The first-order valence-electron chi connectivity index (χ1n) is 5.32. The molecule has 0 aliphatic carbocycles. The Balaban J connectivity index is 1.82. The Labute approximate surface area is 83.5 Å². The van der Waals surface area contributed by atoms with E-state index in [-0.39, 0.29) is 0 Å². The Bertz CT molecular complexity index is 304. The van der Waals surface area contributed by atoms with Gasteiger partial charge in [0.15, 0.2) is 0 Å². The Morgan fingerprint density at radius 3 is 3.43 bits per heavy atom. The standard InChI is InChI=1S/C10H16N4/c11-3-7-1-8-2-9-10(13-6-12-9)5-14(8)4-7/h6-8H,1-5,11H2,(H,12,13)/t7-,8-/m0/s1. The number of fused-ring (bicyclic) bond motifs is 2. The fourth-order valence-electron chi connectivity index (χ4n) is 2.75. The third kappa shape index (κ3) is 1.18. The van der Waals surface area contributed by atoms with E-state index >= 15 is 0 Å². The lowest BCUT2D eigenvalue weighted by molar-refractivity contribution is 0.221. The van der Waals surface area contributed by atoms with Crippen molar-refractivity contribution in [1.82, 2.24) is 14.9 Å². The molecule has 2 aliphatic heterocycles. The quantitative estimate of drug-likeness (QED) is 0.664. The molecular weight excluding hydrogens is 176 g/mol. The van der Waals surface area contributed by atoms with Crippen molar-refractivity contribution in [2.45, 2.75) is 25.4 Å². The van der Waals surface area contributed by atoms with Crippen LogP contribution in [0, 0.1) is 5.92 Å². The molecule has 0 spiro atoms. The van der Waals surface area contributed by atoms with E-state index in [4.69, 9.17) is 5.73 Å². The Morgan fingerprint density at radius 2 is 2.57 bits per heavy atom. The number of aromatic nitrogens is 2. The summed E-state index contributed by atoms with van der Waals surface area (Å²) in [6.45, 7) is 3.03. The Morgan fingerprint density at radius 1 is 1.64 bits per heavy atom. The highest BCUT2D eigenvalue weighted by atomic mass is 15.2. The topological polar surface area (TPSA) is 57.9 Å². The summed E-state index contributed by atoms with van der Waals surface area (Å²) in [6, 6.07) is 0.694. The van der Waals surface area contributed by atoms with Crippen molar-refractivity contribution in [3.8, 4) is 0 Å². The van der Waals surface area contributed by atoms with Crippen LogP contribution in [0.2, 0.25) is 0 Å². The highest BCUT2D eigenvalue weighted by Crippen LogP contribution is 2.30. The Kier molecular flexibility index (Phi) is 1.85. The summed E-state index contributed by atoms with van der Waals surface area (Å²) < 4.78 is 0. The van der Waals surface area contributed by atoms with E-state index < -0.39 is 0 Å². The summed E-state index contributed by atoms with van der Waals surface area (Å²) in [5.41, 5.74) is 8.29. The van der Waals surface area contributed by atoms with Crippen molar-refractivity contribution in [3.63, 3.8) is 0 Å². The van der Waals surface area contributed by atoms with Crippen LogP contribution in [0.15, 0.2) is 6.33 Å². The summed E-state index contributed by atoms with van der Waals surface area (Å²) in [4.78, 5) is 10.1. The molecule has 76 valence electrons. The number of imidazole rings is 1. The molecule has 3 heterocycles. The van der Waals surface area contributed by atoms with Gasteiger partial charge in [0.25, 0.3) is 0 Å². The highest BCUT2D eigenvalue weighted by molar-refractivity contribution is 5.17. The maximum atomic E-state index is 5.72. The second-order valence-corrected chi connectivity index (χ2v) is 4.45. The van der Waals surface area contributed by atoms with Gasteiger partial charge in [0, 0.05) is 25.6 Å². The van der Waals surface area contributed by atoms with Gasteiger partial charge in [-0.15, -0.1) is 0 Å². The van der Waals surface area contributed by atoms with Gasteiger partial charge in [-0.05, 0) is 18.9 Å². The molecule has 4 heteroatoms. The van der Waals surface area contributed by atoms with Crippen molar-refractivity contribution < 1.29 is 0 Å². The van der Waals surface area contributed by atoms with Crippen LogP contribution in [-0.4, -0.2) is 34.0 Å². The first kappa shape index (κ1) is 8.44. The lowest BCUT2D eigenvalue weighted by atomic mass is 10.0. The van der Waals surface area contributed by atoms with Crippen molar-refractivity contribution in [2.24, 2.45) is 11.7 Å². The van der Waals surface area contributed by atoms with Crippen LogP contribution in [0.3, 0.4) is 0 Å². The third-order valence-corrected chi connectivity index (χ3v) is 3.55. The fourth-order valence-corrected chi connectivity index (χ4v) is 2.75. The second kappa shape index (κ2) is 3.07. The normalized spacial score (nSPS) is 31.5. The van der Waals surface area contributed by atoms with Gasteiger partial charge in [-0.3, -0.25) is 4.90 Å². The number of nitrogens with one attached hydrogen (secondary N) is 1. The molecular formula is C10H16N4. The zero-order chi connectivity index (χ0) is 9.54. The van der Waals surface area contributed by atoms with Crippen LogP contribution in [0.5, 0.6) is 0 Å². The van der Waals surface area contributed by atoms with E-state index in [9.17, 15) is 0 Å². The third-order valence-electron chi connectivity index (χ3n) is 3.55. The SMILES string of the molecule is NC[C@@H]1C[C@H]2Cc3nc[nH]c3CN2C1. The molecule has 0 aromatic carbocycles. The molecule has 2 aliphatic rings. The van der Waals surface area contributed by atoms with Gasteiger partial charge < -0.3 is 10.7 Å². The van der Waals surface area contributed by atoms with Crippen molar-refractivity contribution in [2.75, 3.05) is 13.1 Å². The molecule has 0 amide bonds. The first-order chi connectivity index (χ1) is 6.86. The van der Waals surface area contributed by atoms with E-state index in [0.29, 0.717) is 12.0 Å². The number of nitrogens with two attached hydrogens (primary N) is 1. The smallest absolute Gasteiger partial charge is 0.0925 e. The predicted octanol–water partition coefficient (Wildman–Crippen LogP) is 0.115. The van der Waals surface area contributed by atoms with Gasteiger partial charge in [0.1, 0.15) is 0 Å². The van der Waals surface area contributed by atoms with E-state index in [1.54, 1.807) is 0 Å². The zero-order valence-corrected chi connectivity index (χ0v) is 8.24. The number of nitrogens with zero attached hydrogens (tertiary/aromatic N) is 2. The largest absolute Gasteiger partial charge is 0.347 e. The number of hydrogen-bond donors (Lipinski definition) is 2. The number of aromatic amines is 1. The number of hydrogen-bond acceptors (Lipinski definition) is 3. The molecule has 1 saturated heterocycles. The van der Waals surface area contributed by atoms with Gasteiger partial charge in [-0.25, -0.2) is 4.98 Å². The van der Waals surface area contributed by atoms with Crippen LogP contribution < -0.4 is 5.73 Å². The van der Waals surface area contributed by atoms with E-state index in [1.165, 1.54) is 24.4 Å². The molecule has 0 saturated carbocycles. The Hall–Kier alpha value is -0.870. The maximum Gasteiger partial charge on any atom is 0.0925 e. The lowest BCUT2D eigenvalue weighted by Crippen LogP contribution is -2.35. The summed E-state index contributed by atoms with van der Waals surface area (Å²) in [6.07, 6.45) is 4.17. The molecule has 0 radical (unpaired) electrons. The van der Waals surface area contributed by atoms with E-state index in [0.717, 1.165) is 19.5 Å². The van der Waals surface area contributed by atoms with Gasteiger partial charge >= 0.3 is 0 Å². The summed E-state index contributed by atoms with van der Waals surface area (Å²) in [5.74, 6) is 0.698. The molecule has 0 unspecified atom stereocenters. The number of rotatable bonds is 1. The molecule has 3 rings (SSSR count). The minimum absolute atomic E-state index is 0.694. The minimum atomic E-state index is 0.694.